The molecular formula is C35H56O6. The zero-order valence-corrected chi connectivity index (χ0v) is 26.3. The number of hydrogen-bond donors (Lipinski definition) is 3. The second-order valence-electron chi connectivity index (χ2n) is 14.4. The number of aliphatic hydroxyl groups is 3. The summed E-state index contributed by atoms with van der Waals surface area (Å²) in [5, 5.41) is 34.8. The zero-order chi connectivity index (χ0) is 30.0. The maximum absolute atomic E-state index is 14.3. The van der Waals surface area contributed by atoms with E-state index in [-0.39, 0.29) is 41.1 Å². The van der Waals surface area contributed by atoms with Crippen LogP contribution in [-0.2, 0) is 14.3 Å². The summed E-state index contributed by atoms with van der Waals surface area (Å²) in [6.45, 7) is 10.2. The molecule has 6 nitrogen and oxygen atoms in total. The third kappa shape index (κ3) is 5.87. The van der Waals surface area contributed by atoms with Crippen molar-refractivity contribution >= 4 is 11.8 Å². The second-order valence-corrected chi connectivity index (χ2v) is 14.4. The first-order valence-corrected chi connectivity index (χ1v) is 16.7. The smallest absolute Gasteiger partial charge is 0.310 e. The molecule has 0 aromatic heterocycles. The van der Waals surface area contributed by atoms with E-state index in [1.807, 2.05) is 6.92 Å². The lowest BCUT2D eigenvalue weighted by Gasteiger charge is -2.47. The van der Waals surface area contributed by atoms with Gasteiger partial charge >= 0.3 is 5.97 Å². The molecule has 8 atom stereocenters. The molecule has 2 fully saturated rings. The summed E-state index contributed by atoms with van der Waals surface area (Å²) >= 11 is 0. The van der Waals surface area contributed by atoms with E-state index in [1.54, 1.807) is 19.1 Å². The molecule has 6 heteroatoms. The summed E-state index contributed by atoms with van der Waals surface area (Å²) in [6, 6.07) is 0. The number of allylic oxidation sites excluding steroid dienone is 1. The van der Waals surface area contributed by atoms with E-state index in [0.29, 0.717) is 12.0 Å². The fourth-order valence-electron chi connectivity index (χ4n) is 8.73. The SMILES string of the molecule is CCCCCCCCCCCCCCCC(=O)OC1=C[C@@H]2C(=O)[C@]3(C=C(C)[C@H](O)[C@@]3(O)[C@@H]1O)[C@H](C)C[C@@H]1[C@@H]2C1(C)C. The lowest BCUT2D eigenvalue weighted by atomic mass is 9.59. The number of fused-ring (bicyclic) bond motifs is 3. The predicted molar refractivity (Wildman–Crippen MR) is 161 cm³/mol. The van der Waals surface area contributed by atoms with Crippen LogP contribution in [0.4, 0.5) is 0 Å². The molecule has 2 bridgehead atoms. The Morgan fingerprint density at radius 2 is 1.46 bits per heavy atom. The van der Waals surface area contributed by atoms with Crippen LogP contribution in [0.5, 0.6) is 0 Å². The van der Waals surface area contributed by atoms with Crippen molar-refractivity contribution in [1.29, 1.82) is 0 Å². The van der Waals surface area contributed by atoms with Crippen molar-refractivity contribution < 1.29 is 29.6 Å². The lowest BCUT2D eigenvalue weighted by molar-refractivity contribution is -0.195. The topological polar surface area (TPSA) is 104 Å². The Morgan fingerprint density at radius 1 is 0.927 bits per heavy atom. The van der Waals surface area contributed by atoms with Crippen molar-refractivity contribution in [2.75, 3.05) is 0 Å². The highest BCUT2D eigenvalue weighted by atomic mass is 16.5. The van der Waals surface area contributed by atoms with E-state index in [9.17, 15) is 24.9 Å². The van der Waals surface area contributed by atoms with Crippen LogP contribution in [0.15, 0.2) is 23.5 Å². The van der Waals surface area contributed by atoms with E-state index >= 15 is 0 Å². The molecule has 3 N–H and O–H groups in total. The molecule has 4 aliphatic rings. The Balaban J connectivity index is 1.31. The minimum absolute atomic E-state index is 0.0487. The van der Waals surface area contributed by atoms with Gasteiger partial charge in [0.05, 0.1) is 5.41 Å². The van der Waals surface area contributed by atoms with Crippen LogP contribution in [0.3, 0.4) is 0 Å². The summed E-state index contributed by atoms with van der Waals surface area (Å²) < 4.78 is 5.74. The fraction of sp³-hybridized carbons (Fsp3) is 0.829. The molecular weight excluding hydrogens is 516 g/mol. The Morgan fingerprint density at radius 3 is 2.02 bits per heavy atom. The van der Waals surface area contributed by atoms with Crippen molar-refractivity contribution in [3.8, 4) is 0 Å². The Bertz CT molecular complexity index is 1010. The minimum Gasteiger partial charge on any atom is -0.428 e. The number of Topliss-reactive ketones (excluding diaryl/α,β-unsaturated/α-hetero) is 1. The van der Waals surface area contributed by atoms with E-state index in [1.165, 1.54) is 64.2 Å². The maximum Gasteiger partial charge on any atom is 0.310 e. The number of carbonyl (C=O) groups excluding carboxylic acids is 2. The zero-order valence-electron chi connectivity index (χ0n) is 26.3. The number of carbonyl (C=O) groups is 2. The molecule has 0 aromatic rings. The van der Waals surface area contributed by atoms with Crippen LogP contribution in [0, 0.1) is 34.5 Å². The predicted octanol–water partition coefficient (Wildman–Crippen LogP) is 6.80. The summed E-state index contributed by atoms with van der Waals surface area (Å²) in [5.41, 5.74) is -3.19. The van der Waals surface area contributed by atoms with E-state index < -0.39 is 35.1 Å². The molecule has 1 spiro atoms. The van der Waals surface area contributed by atoms with E-state index in [2.05, 4.69) is 20.8 Å². The van der Waals surface area contributed by atoms with Gasteiger partial charge in [0.1, 0.15) is 23.6 Å². The molecule has 0 aromatic carbocycles. The van der Waals surface area contributed by atoms with Gasteiger partial charge in [0.25, 0.3) is 0 Å². The number of esters is 1. The second kappa shape index (κ2) is 13.0. The van der Waals surface area contributed by atoms with Gasteiger partial charge in [-0.3, -0.25) is 9.59 Å². The van der Waals surface area contributed by atoms with Crippen molar-refractivity contribution in [3.63, 3.8) is 0 Å². The Hall–Kier alpha value is -1.50. The molecule has 232 valence electrons. The van der Waals surface area contributed by atoms with Crippen LogP contribution >= 0.6 is 0 Å². The largest absolute Gasteiger partial charge is 0.428 e. The van der Waals surface area contributed by atoms with Gasteiger partial charge in [-0.1, -0.05) is 111 Å². The first-order chi connectivity index (χ1) is 19.4. The summed E-state index contributed by atoms with van der Waals surface area (Å²) in [4.78, 5) is 27.2. The average Bonchev–Trinajstić information content (AvgIpc) is 3.43. The quantitative estimate of drug-likeness (QED) is 0.113. The van der Waals surface area contributed by atoms with E-state index in [0.717, 1.165) is 19.3 Å². The maximum atomic E-state index is 14.3. The van der Waals surface area contributed by atoms with Gasteiger partial charge < -0.3 is 20.1 Å². The number of ketones is 1. The van der Waals surface area contributed by atoms with Crippen molar-refractivity contribution in [2.45, 2.75) is 149 Å². The highest BCUT2D eigenvalue weighted by molar-refractivity contribution is 5.95. The molecule has 0 aliphatic heterocycles. The molecule has 0 unspecified atom stereocenters. The van der Waals surface area contributed by atoms with Gasteiger partial charge in [-0.2, -0.15) is 0 Å². The van der Waals surface area contributed by atoms with Gasteiger partial charge in [-0.25, -0.2) is 0 Å². The first kappa shape index (κ1) is 32.4. The Kier molecular flexibility index (Phi) is 10.3. The molecule has 0 amide bonds. The van der Waals surface area contributed by atoms with E-state index in [4.69, 9.17) is 4.74 Å². The Labute approximate surface area is 248 Å². The number of rotatable bonds is 15. The molecule has 2 saturated carbocycles. The number of unbranched alkanes of at least 4 members (excludes halogenated alkanes) is 12. The van der Waals surface area contributed by atoms with Gasteiger partial charge in [0.15, 0.2) is 5.78 Å². The van der Waals surface area contributed by atoms with Gasteiger partial charge in [-0.05, 0) is 54.6 Å². The molecule has 41 heavy (non-hydrogen) atoms. The highest BCUT2D eigenvalue weighted by Gasteiger charge is 2.76. The van der Waals surface area contributed by atoms with Crippen LogP contribution in [0.2, 0.25) is 0 Å². The lowest BCUT2D eigenvalue weighted by Crippen LogP contribution is -2.65. The standard InChI is InChI=1S/C35H56O6/c1-6-7-8-9-10-11-12-13-14-15-16-17-18-19-28(36)41-27-21-25-29-26(33(29,4)5)20-24(3)34(31(25)38)22-23(2)30(37)35(34,40)32(27)39/h21-22,24-26,29-30,32,37,39-40H,6-20H2,1-5H3/t24-,25+,26-,29-,30+,32-,34+,35-/m1/s1. The normalized spacial score (nSPS) is 36.9. The molecule has 0 saturated heterocycles. The highest BCUT2D eigenvalue weighted by Crippen LogP contribution is 2.71. The van der Waals surface area contributed by atoms with Gasteiger partial charge in [-0.15, -0.1) is 0 Å². The summed E-state index contributed by atoms with van der Waals surface area (Å²) in [6.07, 6.45) is 17.0. The van der Waals surface area contributed by atoms with Crippen molar-refractivity contribution in [2.24, 2.45) is 34.5 Å². The number of hydrogen-bond acceptors (Lipinski definition) is 6. The molecule has 0 heterocycles. The third-order valence-corrected chi connectivity index (χ3v) is 11.3. The monoisotopic (exact) mass is 572 g/mol. The number of ether oxygens (including phenoxy) is 1. The van der Waals surface area contributed by atoms with Crippen molar-refractivity contribution in [1.82, 2.24) is 0 Å². The van der Waals surface area contributed by atoms with Crippen molar-refractivity contribution in [3.05, 3.63) is 23.5 Å². The van der Waals surface area contributed by atoms with Gasteiger partial charge in [0, 0.05) is 12.3 Å². The van der Waals surface area contributed by atoms with Gasteiger partial charge in [0.2, 0.25) is 0 Å². The minimum atomic E-state index is -2.18. The summed E-state index contributed by atoms with van der Waals surface area (Å²) in [5.74, 6) is -1.25. The van der Waals surface area contributed by atoms with Crippen LogP contribution in [0.25, 0.3) is 0 Å². The third-order valence-electron chi connectivity index (χ3n) is 11.3. The average molecular weight is 573 g/mol. The van der Waals surface area contributed by atoms with Crippen LogP contribution in [-0.4, -0.2) is 44.9 Å². The van der Waals surface area contributed by atoms with Crippen LogP contribution < -0.4 is 0 Å². The fourth-order valence-corrected chi connectivity index (χ4v) is 8.73. The number of aliphatic hydroxyl groups excluding tert-OH is 2. The van der Waals surface area contributed by atoms with Crippen LogP contribution in [0.1, 0.15) is 131 Å². The molecule has 4 aliphatic carbocycles. The first-order valence-electron chi connectivity index (χ1n) is 16.7. The molecule has 4 rings (SSSR count). The molecule has 0 radical (unpaired) electrons. The summed E-state index contributed by atoms with van der Waals surface area (Å²) in [7, 11) is 0.